The fourth-order valence-corrected chi connectivity index (χ4v) is 4.92. The van der Waals surface area contributed by atoms with Gasteiger partial charge in [-0.1, -0.05) is 20.4 Å². The van der Waals surface area contributed by atoms with Crippen LogP contribution in [-0.2, 0) is 17.2 Å². The number of rotatable bonds is 9. The van der Waals surface area contributed by atoms with Crippen LogP contribution in [0.2, 0.25) is 0 Å². The maximum absolute atomic E-state index is 12.6. The zero-order chi connectivity index (χ0) is 21.8. The summed E-state index contributed by atoms with van der Waals surface area (Å²) < 4.78 is 18.8. The number of aromatic nitrogens is 2. The molecule has 1 aromatic rings. The molecule has 1 saturated heterocycles. The second-order valence-corrected chi connectivity index (χ2v) is 12.7. The molecular formula is C20H31IN2O5S. The van der Waals surface area contributed by atoms with Crippen molar-refractivity contribution in [2.45, 2.75) is 42.9 Å². The lowest BCUT2D eigenvalue weighted by Crippen LogP contribution is -2.50. The molecule has 1 N–H and O–H groups in total. The zero-order valence-corrected chi connectivity index (χ0v) is 20.6. The lowest BCUT2D eigenvalue weighted by atomic mass is 10.1. The van der Waals surface area contributed by atoms with E-state index in [1.165, 1.54) is 4.57 Å². The Morgan fingerprint density at radius 1 is 1.52 bits per heavy atom. The monoisotopic (exact) mass is 538 g/mol. The Morgan fingerprint density at radius 2 is 2.21 bits per heavy atom. The predicted molar refractivity (Wildman–Crippen MR) is 127 cm³/mol. The molecule has 0 radical (unpaired) electrons. The molecule has 0 bridgehead atoms. The molecule has 0 aromatic carbocycles. The number of nitrogens with zero attached hydrogens (tertiary/aromatic N) is 1. The van der Waals surface area contributed by atoms with E-state index in [-0.39, 0.29) is 12.7 Å². The van der Waals surface area contributed by atoms with Crippen molar-refractivity contribution in [3.63, 3.8) is 0 Å². The van der Waals surface area contributed by atoms with E-state index in [1.807, 2.05) is 18.6 Å². The minimum Gasteiger partial charge on any atom is -0.499 e. The molecule has 1 fully saturated rings. The van der Waals surface area contributed by atoms with Crippen LogP contribution in [0.5, 0.6) is 0 Å². The molecule has 2 rings (SSSR count). The van der Waals surface area contributed by atoms with Crippen molar-refractivity contribution >= 4 is 32.9 Å². The van der Waals surface area contributed by atoms with Gasteiger partial charge in [-0.05, 0) is 65.8 Å². The molecule has 7 nitrogen and oxygen atoms in total. The number of halogens is 1. The Labute approximate surface area is 187 Å². The van der Waals surface area contributed by atoms with E-state index >= 15 is 0 Å². The Kier molecular flexibility index (Phi) is 8.23. The van der Waals surface area contributed by atoms with Crippen molar-refractivity contribution in [1.29, 1.82) is 0 Å². The lowest BCUT2D eigenvalue weighted by molar-refractivity contribution is 0.0110. The van der Waals surface area contributed by atoms with E-state index in [0.717, 1.165) is 6.42 Å². The summed E-state index contributed by atoms with van der Waals surface area (Å²) in [5.74, 6) is 0.432. The number of allylic oxidation sites excluding steroid dienone is 1. The molecule has 1 aliphatic heterocycles. The van der Waals surface area contributed by atoms with Crippen LogP contribution in [-0.4, -0.2) is 47.5 Å². The Morgan fingerprint density at radius 3 is 2.83 bits per heavy atom. The maximum atomic E-state index is 12.6. The van der Waals surface area contributed by atoms with Gasteiger partial charge in [0.25, 0.3) is 5.56 Å². The van der Waals surface area contributed by atoms with Crippen LogP contribution >= 0.6 is 32.9 Å². The molecule has 4 atom stereocenters. The Balaban J connectivity index is 2.35. The summed E-state index contributed by atoms with van der Waals surface area (Å²) in [5.41, 5.74) is -0.433. The summed E-state index contributed by atoms with van der Waals surface area (Å²) in [6, 6.07) is 0. The van der Waals surface area contributed by atoms with E-state index in [9.17, 15) is 9.59 Å². The van der Waals surface area contributed by atoms with Crippen molar-refractivity contribution in [2.24, 2.45) is 5.92 Å². The summed E-state index contributed by atoms with van der Waals surface area (Å²) in [5, 5.41) is 1.80. The van der Waals surface area contributed by atoms with E-state index in [1.54, 1.807) is 24.8 Å². The van der Waals surface area contributed by atoms with E-state index in [2.05, 4.69) is 48.0 Å². The summed E-state index contributed by atoms with van der Waals surface area (Å²) in [7, 11) is -1.58. The number of aryl methyl sites for hydroxylation is 1. The first kappa shape index (κ1) is 24.2. The summed E-state index contributed by atoms with van der Waals surface area (Å²) in [4.78, 5) is 26.8. The molecule has 0 aliphatic carbocycles. The minimum absolute atomic E-state index is 0.249. The third-order valence-electron chi connectivity index (χ3n) is 4.95. The summed E-state index contributed by atoms with van der Waals surface area (Å²) in [6.07, 6.45) is 9.43. The fraction of sp³-hybridized carbons (Fsp3) is 0.600. The molecule has 3 unspecified atom stereocenters. The number of alkyl halides is 1. The molecule has 0 spiro atoms. The quantitative estimate of drug-likeness (QED) is 0.296. The molecule has 9 heteroatoms. The van der Waals surface area contributed by atoms with Gasteiger partial charge in [0, 0.05) is 11.8 Å². The number of ether oxygens (including phenoxy) is 2. The van der Waals surface area contributed by atoms with Gasteiger partial charge in [-0.3, -0.25) is 14.3 Å². The van der Waals surface area contributed by atoms with Crippen molar-refractivity contribution in [2.75, 3.05) is 25.7 Å². The van der Waals surface area contributed by atoms with Crippen molar-refractivity contribution in [3.05, 3.63) is 56.9 Å². The predicted octanol–water partition coefficient (Wildman–Crippen LogP) is 3.42. The van der Waals surface area contributed by atoms with Crippen LogP contribution in [0, 0.1) is 12.8 Å². The van der Waals surface area contributed by atoms with Crippen molar-refractivity contribution < 1.29 is 13.7 Å². The third kappa shape index (κ3) is 5.77. The van der Waals surface area contributed by atoms with E-state index in [4.69, 9.17) is 13.7 Å². The molecule has 1 aromatic heterocycles. The highest BCUT2D eigenvalue weighted by Gasteiger charge is 2.53. The Bertz CT molecular complexity index is 865. The summed E-state index contributed by atoms with van der Waals surface area (Å²) in [6.45, 7) is 10.3. The van der Waals surface area contributed by atoms with Gasteiger partial charge < -0.3 is 13.7 Å². The van der Waals surface area contributed by atoms with Gasteiger partial charge in [-0.25, -0.2) is 4.79 Å². The molecule has 29 heavy (non-hydrogen) atoms. The van der Waals surface area contributed by atoms with Crippen LogP contribution in [0.15, 0.2) is 40.1 Å². The zero-order valence-electron chi connectivity index (χ0n) is 17.6. The number of hydrogen-bond donors (Lipinski definition) is 1. The van der Waals surface area contributed by atoms with E-state index < -0.39 is 31.2 Å². The Hall–Kier alpha value is -1.04. The maximum Gasteiger partial charge on any atom is 0.329 e. The topological polar surface area (TPSA) is 82.6 Å². The highest BCUT2D eigenvalue weighted by molar-refractivity contribution is 14.1. The van der Waals surface area contributed by atoms with Gasteiger partial charge >= 0.3 is 5.69 Å². The highest BCUT2D eigenvalue weighted by Crippen LogP contribution is 2.50. The number of hydrogen-bond acceptors (Lipinski definition) is 5. The summed E-state index contributed by atoms with van der Waals surface area (Å²) >= 11 is 2.19. The number of aromatic amines is 1. The van der Waals surface area contributed by atoms with Crippen LogP contribution in [0.25, 0.3) is 0 Å². The molecule has 1 aliphatic rings. The second kappa shape index (κ2) is 9.84. The first-order valence-corrected chi connectivity index (χ1v) is 13.0. The molecule has 164 valence electrons. The van der Waals surface area contributed by atoms with Gasteiger partial charge in [0.15, 0.2) is 3.55 Å². The van der Waals surface area contributed by atoms with Crippen LogP contribution in [0.3, 0.4) is 0 Å². The van der Waals surface area contributed by atoms with Gasteiger partial charge in [0.05, 0.1) is 12.9 Å². The van der Waals surface area contributed by atoms with E-state index in [0.29, 0.717) is 18.1 Å². The van der Waals surface area contributed by atoms with Gasteiger partial charge in [0.2, 0.25) is 0 Å². The van der Waals surface area contributed by atoms with Gasteiger partial charge in [-0.2, -0.15) is 0 Å². The highest BCUT2D eigenvalue weighted by atomic mass is 127. The molecule has 0 amide bonds. The molecule has 0 saturated carbocycles. The number of H-pyrrole nitrogens is 1. The molecular weight excluding hydrogens is 507 g/mol. The molecule has 2 heterocycles. The first-order chi connectivity index (χ1) is 13.5. The van der Waals surface area contributed by atoms with Gasteiger partial charge in [0.1, 0.15) is 18.8 Å². The number of nitrogens with one attached hydrogen (secondary N) is 1. The second-order valence-electron chi connectivity index (χ2n) is 7.65. The van der Waals surface area contributed by atoms with Crippen LogP contribution < -0.4 is 11.2 Å². The lowest BCUT2D eigenvalue weighted by Gasteiger charge is -2.38. The minimum atomic E-state index is -1.58. The van der Waals surface area contributed by atoms with Crippen molar-refractivity contribution in [1.82, 2.24) is 9.55 Å². The first-order valence-electron chi connectivity index (χ1n) is 9.50. The van der Waals surface area contributed by atoms with Gasteiger partial charge in [-0.15, -0.1) is 10.3 Å². The van der Waals surface area contributed by atoms with Crippen molar-refractivity contribution in [3.8, 4) is 0 Å². The normalized spacial score (nSPS) is 26.6. The van der Waals surface area contributed by atoms with Crippen LogP contribution in [0.4, 0.5) is 0 Å². The largest absolute Gasteiger partial charge is 0.499 e. The van der Waals surface area contributed by atoms with Crippen LogP contribution in [0.1, 0.15) is 25.8 Å². The third-order valence-corrected chi connectivity index (χ3v) is 7.91. The smallest absolute Gasteiger partial charge is 0.329 e. The average Bonchev–Trinajstić information content (AvgIpc) is 2.97. The SMILES string of the molecule is C=CS(C)(C)OC1[C@@H](CO/C=C/C(C)CC)OCC1(I)n1cc(C)c(=O)[nH]c1=O. The standard InChI is InChI=1S/C20H31IN2O5S/c1-7-14(3)9-10-26-12-16-17(28-29(5,6)8-2)20(21,13-27-16)23-11-15(4)18(24)22-19(23)25/h8-11,14,16-17H,2,7,12-13H2,1,3-6H3,(H,22,24,25)/b10-9+/t14?,16-,17?,20?/m1/s1. The fourth-order valence-electron chi connectivity index (χ4n) is 2.78. The average molecular weight is 538 g/mol.